The number of carbonyl (C=O) groups excluding carboxylic acids is 2. The Kier molecular flexibility index (Phi) is 7.36. The van der Waals surface area contributed by atoms with E-state index in [1.165, 1.54) is 42.6 Å². The molecule has 0 bridgehead atoms. The van der Waals surface area contributed by atoms with Crippen LogP contribution in [0.25, 0.3) is 0 Å². The minimum absolute atomic E-state index is 0.191. The minimum atomic E-state index is -0.620. The first-order valence-electron chi connectivity index (χ1n) is 5.55. The number of amides is 1. The van der Waals surface area contributed by atoms with Crippen molar-refractivity contribution in [3.8, 4) is 0 Å². The molecular weight excluding hydrogens is 286 g/mol. The molecular formula is C12H21NO4S2. The lowest BCUT2D eigenvalue weighted by molar-refractivity contribution is -0.137. The number of esters is 1. The van der Waals surface area contributed by atoms with E-state index in [9.17, 15) is 9.59 Å². The van der Waals surface area contributed by atoms with Crippen molar-refractivity contribution in [2.45, 2.75) is 26.4 Å². The largest absolute Gasteiger partial charge is 0.464 e. The van der Waals surface area contributed by atoms with Crippen molar-refractivity contribution in [2.75, 3.05) is 26.7 Å². The smallest absolute Gasteiger partial charge is 0.414 e. The molecule has 0 aliphatic carbocycles. The third kappa shape index (κ3) is 5.78. The van der Waals surface area contributed by atoms with Crippen LogP contribution in [0.15, 0.2) is 9.93 Å². The minimum Gasteiger partial charge on any atom is -0.464 e. The summed E-state index contributed by atoms with van der Waals surface area (Å²) in [6.45, 7) is 5.30. The van der Waals surface area contributed by atoms with Gasteiger partial charge in [0.15, 0.2) is 5.70 Å². The normalized spacial score (nSPS) is 10.7. The van der Waals surface area contributed by atoms with Crippen LogP contribution in [0.2, 0.25) is 0 Å². The summed E-state index contributed by atoms with van der Waals surface area (Å²) in [4.78, 5) is 25.0. The first-order chi connectivity index (χ1) is 8.67. The maximum Gasteiger partial charge on any atom is 0.414 e. The third-order valence-electron chi connectivity index (χ3n) is 1.95. The van der Waals surface area contributed by atoms with Crippen molar-refractivity contribution in [3.63, 3.8) is 0 Å². The van der Waals surface area contributed by atoms with Crippen LogP contribution in [-0.4, -0.2) is 49.2 Å². The first kappa shape index (κ1) is 18.2. The maximum absolute atomic E-state index is 12.0. The molecule has 7 heteroatoms. The molecule has 0 atom stereocenters. The molecule has 0 spiro atoms. The van der Waals surface area contributed by atoms with Crippen LogP contribution in [0.5, 0.6) is 0 Å². The summed E-state index contributed by atoms with van der Waals surface area (Å²) in [5.74, 6) is -0.563. The number of rotatable bonds is 4. The fraction of sp³-hybridized carbons (Fsp3) is 0.667. The van der Waals surface area contributed by atoms with E-state index in [2.05, 4.69) is 0 Å². The lowest BCUT2D eigenvalue weighted by Crippen LogP contribution is -2.36. The fourth-order valence-electron chi connectivity index (χ4n) is 1.15. The van der Waals surface area contributed by atoms with Crippen molar-refractivity contribution >= 4 is 35.6 Å². The van der Waals surface area contributed by atoms with Gasteiger partial charge in [-0.2, -0.15) is 0 Å². The van der Waals surface area contributed by atoms with Gasteiger partial charge in [-0.05, 0) is 33.3 Å². The van der Waals surface area contributed by atoms with E-state index in [1.807, 2.05) is 12.5 Å². The Hall–Kier alpha value is -0.820. The van der Waals surface area contributed by atoms with Crippen LogP contribution in [0.1, 0.15) is 20.8 Å². The Morgan fingerprint density at radius 2 is 1.58 bits per heavy atom. The topological polar surface area (TPSA) is 55.8 Å². The van der Waals surface area contributed by atoms with Gasteiger partial charge in [0.25, 0.3) is 0 Å². The number of likely N-dealkylation sites (N-methyl/N-ethyl adjacent to an activating group) is 1. The Balaban J connectivity index is 5.35. The average Bonchev–Trinajstić information content (AvgIpc) is 2.32. The molecule has 110 valence electrons. The van der Waals surface area contributed by atoms with Crippen molar-refractivity contribution in [1.82, 2.24) is 4.90 Å². The number of methoxy groups -OCH3 is 1. The second-order valence-electron chi connectivity index (χ2n) is 4.58. The SMILES string of the molecule is COC(=O)C(=C(SC)SC)N(C)C(=O)OC(C)(C)C. The van der Waals surface area contributed by atoms with Crippen LogP contribution in [0.3, 0.4) is 0 Å². The molecule has 0 aromatic carbocycles. The molecule has 19 heavy (non-hydrogen) atoms. The standard InChI is InChI=1S/C12H21NO4S2/c1-12(2,3)17-11(15)13(4)8(9(14)16-5)10(18-6)19-7/h1-7H3. The maximum atomic E-state index is 12.0. The van der Waals surface area contributed by atoms with E-state index >= 15 is 0 Å². The second kappa shape index (κ2) is 7.69. The molecule has 0 radical (unpaired) electrons. The van der Waals surface area contributed by atoms with Gasteiger partial charge < -0.3 is 9.47 Å². The molecule has 0 rings (SSSR count). The van der Waals surface area contributed by atoms with Gasteiger partial charge in [-0.3, -0.25) is 4.90 Å². The van der Waals surface area contributed by atoms with Crippen LogP contribution in [0, 0.1) is 0 Å². The Morgan fingerprint density at radius 1 is 1.11 bits per heavy atom. The zero-order valence-electron chi connectivity index (χ0n) is 12.4. The number of hydrogen-bond donors (Lipinski definition) is 0. The zero-order chi connectivity index (χ0) is 15.2. The number of hydrogen-bond acceptors (Lipinski definition) is 6. The van der Waals surface area contributed by atoms with Gasteiger partial charge in [0, 0.05) is 7.05 Å². The van der Waals surface area contributed by atoms with Crippen LogP contribution < -0.4 is 0 Å². The van der Waals surface area contributed by atoms with Crippen LogP contribution >= 0.6 is 23.5 Å². The molecule has 0 N–H and O–H groups in total. The molecule has 1 amide bonds. The molecule has 0 heterocycles. The molecule has 0 aromatic heterocycles. The van der Waals surface area contributed by atoms with Gasteiger partial charge in [0.1, 0.15) is 5.60 Å². The highest BCUT2D eigenvalue weighted by atomic mass is 32.2. The zero-order valence-corrected chi connectivity index (χ0v) is 14.0. The quantitative estimate of drug-likeness (QED) is 0.588. The van der Waals surface area contributed by atoms with Crippen molar-refractivity contribution in [1.29, 1.82) is 0 Å². The number of thioether (sulfide) groups is 2. The summed E-state index contributed by atoms with van der Waals surface area (Å²) in [6.07, 6.45) is 3.07. The summed E-state index contributed by atoms with van der Waals surface area (Å²) in [6, 6.07) is 0. The van der Waals surface area contributed by atoms with Crippen molar-refractivity contribution in [3.05, 3.63) is 9.93 Å². The van der Waals surface area contributed by atoms with Gasteiger partial charge in [-0.1, -0.05) is 0 Å². The van der Waals surface area contributed by atoms with Gasteiger partial charge in [0.05, 0.1) is 11.3 Å². The number of ether oxygens (including phenoxy) is 2. The highest BCUT2D eigenvalue weighted by Crippen LogP contribution is 2.30. The Labute approximate surface area is 123 Å². The van der Waals surface area contributed by atoms with Crippen molar-refractivity contribution < 1.29 is 19.1 Å². The lowest BCUT2D eigenvalue weighted by atomic mass is 10.2. The summed E-state index contributed by atoms with van der Waals surface area (Å²) in [5.41, 5.74) is -0.428. The lowest BCUT2D eigenvalue weighted by Gasteiger charge is -2.26. The molecule has 0 aromatic rings. The molecule has 0 aliphatic heterocycles. The Morgan fingerprint density at radius 3 is 1.89 bits per heavy atom. The molecule has 0 saturated heterocycles. The van der Waals surface area contributed by atoms with Gasteiger partial charge in [0.2, 0.25) is 0 Å². The summed E-state index contributed by atoms with van der Waals surface area (Å²) >= 11 is 2.76. The molecule has 0 fully saturated rings. The average molecular weight is 307 g/mol. The highest BCUT2D eigenvalue weighted by molar-refractivity contribution is 8.21. The predicted octanol–water partition coefficient (Wildman–Crippen LogP) is 2.92. The highest BCUT2D eigenvalue weighted by Gasteiger charge is 2.28. The number of carbonyl (C=O) groups is 2. The first-order valence-corrected chi connectivity index (χ1v) is 8.00. The molecule has 0 aliphatic rings. The fourth-order valence-corrected chi connectivity index (χ4v) is 2.65. The van der Waals surface area contributed by atoms with E-state index in [0.717, 1.165) is 0 Å². The van der Waals surface area contributed by atoms with Gasteiger partial charge in [-0.25, -0.2) is 9.59 Å². The van der Waals surface area contributed by atoms with E-state index < -0.39 is 17.7 Å². The molecule has 5 nitrogen and oxygen atoms in total. The van der Waals surface area contributed by atoms with Gasteiger partial charge >= 0.3 is 12.1 Å². The van der Waals surface area contributed by atoms with Crippen molar-refractivity contribution in [2.24, 2.45) is 0 Å². The number of nitrogens with zero attached hydrogens (tertiary/aromatic N) is 1. The van der Waals surface area contributed by atoms with E-state index in [4.69, 9.17) is 9.47 Å². The monoisotopic (exact) mass is 307 g/mol. The van der Waals surface area contributed by atoms with E-state index in [1.54, 1.807) is 20.8 Å². The van der Waals surface area contributed by atoms with Crippen LogP contribution in [-0.2, 0) is 14.3 Å². The predicted molar refractivity (Wildman–Crippen MR) is 80.1 cm³/mol. The van der Waals surface area contributed by atoms with Crippen LogP contribution in [0.4, 0.5) is 4.79 Å². The van der Waals surface area contributed by atoms with E-state index in [0.29, 0.717) is 4.24 Å². The molecule has 0 saturated carbocycles. The summed E-state index contributed by atoms with van der Waals surface area (Å²) in [7, 11) is 2.77. The third-order valence-corrected chi connectivity index (χ3v) is 4.07. The molecule has 0 unspecified atom stereocenters. The summed E-state index contributed by atoms with van der Waals surface area (Å²) in [5, 5.41) is 0. The summed E-state index contributed by atoms with van der Waals surface area (Å²) < 4.78 is 10.7. The second-order valence-corrected chi connectivity index (χ2v) is 6.47. The van der Waals surface area contributed by atoms with Gasteiger partial charge in [-0.15, -0.1) is 23.5 Å². The Bertz CT molecular complexity index is 368. The van der Waals surface area contributed by atoms with E-state index in [-0.39, 0.29) is 5.70 Å².